The molecule has 0 saturated carbocycles. The van der Waals surface area contributed by atoms with Gasteiger partial charge >= 0.3 is 0 Å². The molecule has 1 heterocycles. The van der Waals surface area contributed by atoms with Crippen LogP contribution in [0.2, 0.25) is 0 Å². The number of hydrogen-bond donors (Lipinski definition) is 2. The second-order valence-electron chi connectivity index (χ2n) is 2.26. The maximum Gasteiger partial charge on any atom is 0.257 e. The Hall–Kier alpha value is -0.730. The van der Waals surface area contributed by atoms with E-state index < -0.39 is 0 Å². The molecule has 13 heavy (non-hydrogen) atoms. The largest absolute Gasteiger partial charge is 0.308 e. The average Bonchev–Trinajstić information content (AvgIpc) is 2.09. The van der Waals surface area contributed by atoms with Gasteiger partial charge in [0, 0.05) is 9.77 Å². The van der Waals surface area contributed by atoms with E-state index in [1.807, 2.05) is 6.07 Å². The molecule has 0 radical (unpaired) electrons. The lowest BCUT2D eigenvalue weighted by Crippen LogP contribution is -2.50. The van der Waals surface area contributed by atoms with Crippen molar-refractivity contribution in [1.82, 2.24) is 4.98 Å². The van der Waals surface area contributed by atoms with Crippen LogP contribution in [0.3, 0.4) is 0 Å². The van der Waals surface area contributed by atoms with E-state index in [0.29, 0.717) is 5.82 Å². The summed E-state index contributed by atoms with van der Waals surface area (Å²) < 4.78 is 1.02. The van der Waals surface area contributed by atoms with E-state index in [2.05, 4.69) is 43.6 Å². The highest BCUT2D eigenvalue weighted by molar-refractivity contribution is 14.1. The number of nitrogens with one attached hydrogen (secondary N) is 1. The third-order valence-electron chi connectivity index (χ3n) is 1.23. The molecule has 0 aliphatic heterocycles. The zero-order valence-electron chi connectivity index (χ0n) is 6.79. The molecular formula is C7H9IN3O2+. The number of hydrogen-bond acceptors (Lipinski definition) is 3. The van der Waals surface area contributed by atoms with Crippen LogP contribution in [0.5, 0.6) is 0 Å². The Kier molecular flexibility index (Phi) is 4.06. The first kappa shape index (κ1) is 10.4. The molecule has 4 N–H and O–H groups in total. The second-order valence-corrected chi connectivity index (χ2v) is 3.50. The number of rotatable bonds is 3. The van der Waals surface area contributed by atoms with Gasteiger partial charge in [0.1, 0.15) is 5.82 Å². The van der Waals surface area contributed by atoms with Gasteiger partial charge in [-0.25, -0.2) is 10.9 Å². The van der Waals surface area contributed by atoms with E-state index in [9.17, 15) is 4.79 Å². The fraction of sp³-hybridized carbons (Fsp3) is 0.143. The number of nitrogens with zero attached hydrogens (tertiary/aromatic N) is 1. The van der Waals surface area contributed by atoms with Crippen molar-refractivity contribution < 1.29 is 15.5 Å². The number of carbonyl (C=O) groups is 1. The zero-order chi connectivity index (χ0) is 9.68. The standard InChI is InChI=1S/C7H8IN3O2/c8-5-1-2-6(10-3-5)11-7(12)4-13-9/h1-3H,4H2,9H3/p+1. The SMILES string of the molecule is [NH3+]OCC(=O)Nc1ccc(I)cn1. The van der Waals surface area contributed by atoms with Crippen molar-refractivity contribution in [2.45, 2.75) is 0 Å². The molecule has 0 aromatic carbocycles. The van der Waals surface area contributed by atoms with Gasteiger partial charge in [-0.3, -0.25) is 4.79 Å². The van der Waals surface area contributed by atoms with Crippen LogP contribution in [0.15, 0.2) is 18.3 Å². The van der Waals surface area contributed by atoms with Gasteiger partial charge in [-0.2, -0.15) is 4.84 Å². The number of pyridine rings is 1. The van der Waals surface area contributed by atoms with Gasteiger partial charge in [-0.15, -0.1) is 0 Å². The number of anilines is 1. The van der Waals surface area contributed by atoms with Crippen molar-refractivity contribution in [3.05, 3.63) is 21.9 Å². The average molecular weight is 294 g/mol. The van der Waals surface area contributed by atoms with Crippen LogP contribution in [-0.2, 0) is 9.63 Å². The molecule has 0 unspecified atom stereocenters. The molecule has 6 heteroatoms. The van der Waals surface area contributed by atoms with E-state index >= 15 is 0 Å². The van der Waals surface area contributed by atoms with Crippen LogP contribution in [0.1, 0.15) is 0 Å². The normalized spacial score (nSPS) is 9.69. The van der Waals surface area contributed by atoms with Gasteiger partial charge in [-0.05, 0) is 34.7 Å². The molecule has 0 atom stereocenters. The summed E-state index contributed by atoms with van der Waals surface area (Å²) in [6.07, 6.45) is 1.67. The van der Waals surface area contributed by atoms with E-state index in [1.54, 1.807) is 12.3 Å². The summed E-state index contributed by atoms with van der Waals surface area (Å²) in [5, 5.41) is 2.55. The Labute approximate surface area is 88.8 Å². The summed E-state index contributed by atoms with van der Waals surface area (Å²) in [6, 6.07) is 3.58. The highest BCUT2D eigenvalue weighted by atomic mass is 127. The molecule has 5 nitrogen and oxygen atoms in total. The smallest absolute Gasteiger partial charge is 0.257 e. The quantitative estimate of drug-likeness (QED) is 0.598. The van der Waals surface area contributed by atoms with Gasteiger partial charge in [0.25, 0.3) is 5.91 Å². The van der Waals surface area contributed by atoms with Crippen molar-refractivity contribution in [3.8, 4) is 0 Å². The molecule has 1 aromatic heterocycles. The third-order valence-corrected chi connectivity index (χ3v) is 1.87. The monoisotopic (exact) mass is 294 g/mol. The van der Waals surface area contributed by atoms with Crippen LogP contribution in [0.25, 0.3) is 0 Å². The first-order valence-electron chi connectivity index (χ1n) is 3.51. The maximum absolute atomic E-state index is 11.0. The summed E-state index contributed by atoms with van der Waals surface area (Å²) in [5.74, 6) is 3.35. The molecule has 0 aliphatic carbocycles. The highest BCUT2D eigenvalue weighted by Crippen LogP contribution is 2.06. The van der Waals surface area contributed by atoms with Gasteiger partial charge in [0.15, 0.2) is 6.61 Å². The van der Waals surface area contributed by atoms with Crippen molar-refractivity contribution in [2.24, 2.45) is 0 Å². The van der Waals surface area contributed by atoms with Crippen LogP contribution in [0.4, 0.5) is 5.82 Å². The minimum absolute atomic E-state index is 0.0618. The Morgan fingerprint density at radius 1 is 1.69 bits per heavy atom. The molecule has 1 rings (SSSR count). The Morgan fingerprint density at radius 3 is 3.00 bits per heavy atom. The first-order chi connectivity index (χ1) is 6.22. The molecule has 70 valence electrons. The lowest BCUT2D eigenvalue weighted by Gasteiger charge is -2.01. The van der Waals surface area contributed by atoms with Gasteiger partial charge in [0.05, 0.1) is 0 Å². The molecule has 0 spiro atoms. The molecular weight excluding hydrogens is 285 g/mol. The minimum atomic E-state index is -0.260. The fourth-order valence-electron chi connectivity index (χ4n) is 0.721. The van der Waals surface area contributed by atoms with Crippen LogP contribution in [-0.4, -0.2) is 17.5 Å². The van der Waals surface area contributed by atoms with Crippen molar-refractivity contribution in [3.63, 3.8) is 0 Å². The van der Waals surface area contributed by atoms with E-state index in [4.69, 9.17) is 0 Å². The first-order valence-corrected chi connectivity index (χ1v) is 4.58. The van der Waals surface area contributed by atoms with E-state index in [1.165, 1.54) is 0 Å². The number of amides is 1. The summed E-state index contributed by atoms with van der Waals surface area (Å²) in [7, 11) is 0. The third kappa shape index (κ3) is 3.66. The molecule has 0 saturated heterocycles. The Bertz CT molecular complexity index is 288. The highest BCUT2D eigenvalue weighted by Gasteiger charge is 2.02. The topological polar surface area (TPSA) is 78.9 Å². The summed E-state index contributed by atoms with van der Waals surface area (Å²) >= 11 is 2.14. The predicted molar refractivity (Wildman–Crippen MR) is 54.4 cm³/mol. The number of halogens is 1. The second kappa shape index (κ2) is 5.10. The summed E-state index contributed by atoms with van der Waals surface area (Å²) in [4.78, 5) is 19.4. The van der Waals surface area contributed by atoms with Crippen LogP contribution in [0, 0.1) is 3.57 Å². The Balaban J connectivity index is 2.54. The molecule has 0 fully saturated rings. The lowest BCUT2D eigenvalue weighted by atomic mass is 10.4. The molecule has 1 aromatic rings. The molecule has 0 aliphatic rings. The minimum Gasteiger partial charge on any atom is -0.308 e. The summed E-state index contributed by atoms with van der Waals surface area (Å²) in [6.45, 7) is -0.0618. The fourth-order valence-corrected chi connectivity index (χ4v) is 1.04. The van der Waals surface area contributed by atoms with Crippen molar-refractivity contribution >= 4 is 34.3 Å². The Morgan fingerprint density at radius 2 is 2.46 bits per heavy atom. The van der Waals surface area contributed by atoms with Crippen LogP contribution >= 0.6 is 22.6 Å². The maximum atomic E-state index is 11.0. The number of carbonyl (C=O) groups excluding carboxylic acids is 1. The van der Waals surface area contributed by atoms with E-state index in [0.717, 1.165) is 3.57 Å². The van der Waals surface area contributed by atoms with Crippen molar-refractivity contribution in [1.29, 1.82) is 0 Å². The van der Waals surface area contributed by atoms with Crippen molar-refractivity contribution in [2.75, 3.05) is 11.9 Å². The molecule has 1 amide bonds. The van der Waals surface area contributed by atoms with Crippen LogP contribution < -0.4 is 11.2 Å². The van der Waals surface area contributed by atoms with Gasteiger partial charge in [0.2, 0.25) is 0 Å². The number of quaternary nitrogens is 1. The van der Waals surface area contributed by atoms with Gasteiger partial charge in [-0.1, -0.05) is 0 Å². The predicted octanol–water partition coefficient (Wildman–Crippen LogP) is -0.202. The summed E-state index contributed by atoms with van der Waals surface area (Å²) in [5.41, 5.74) is 0. The van der Waals surface area contributed by atoms with Gasteiger partial charge < -0.3 is 5.32 Å². The lowest BCUT2D eigenvalue weighted by molar-refractivity contribution is -0.685. The zero-order valence-corrected chi connectivity index (χ0v) is 8.95. The van der Waals surface area contributed by atoms with E-state index in [-0.39, 0.29) is 12.5 Å². The number of aromatic nitrogens is 1. The molecule has 0 bridgehead atoms.